The fourth-order valence-corrected chi connectivity index (χ4v) is 2.61. The molecule has 0 radical (unpaired) electrons. The van der Waals surface area contributed by atoms with Crippen molar-refractivity contribution in [3.63, 3.8) is 0 Å². The molecule has 8 nitrogen and oxygen atoms in total. The summed E-state index contributed by atoms with van der Waals surface area (Å²) in [5.74, 6) is -0.727. The molecular formula is C14H13N5O3S. The first kappa shape index (κ1) is 15.1. The highest BCUT2D eigenvalue weighted by atomic mass is 32.1. The third kappa shape index (κ3) is 3.51. The number of aromatic nitrogens is 4. The van der Waals surface area contributed by atoms with Crippen LogP contribution in [0.5, 0.6) is 0 Å². The topological polar surface area (TPSA) is 98.5 Å². The Morgan fingerprint density at radius 2 is 2.30 bits per heavy atom. The number of carbonyl (C=O) groups excluding carboxylic acids is 2. The summed E-state index contributed by atoms with van der Waals surface area (Å²) < 4.78 is 6.37. The molecule has 118 valence electrons. The van der Waals surface area contributed by atoms with E-state index >= 15 is 0 Å². The van der Waals surface area contributed by atoms with Crippen LogP contribution in [0.4, 0.5) is 5.13 Å². The fourth-order valence-electron chi connectivity index (χ4n) is 1.91. The molecule has 0 aliphatic heterocycles. The van der Waals surface area contributed by atoms with Crippen LogP contribution >= 0.6 is 11.3 Å². The van der Waals surface area contributed by atoms with Gasteiger partial charge in [-0.15, -0.1) is 11.3 Å². The minimum absolute atomic E-state index is 0.0818. The van der Waals surface area contributed by atoms with Crippen LogP contribution in [0.2, 0.25) is 0 Å². The third-order valence-corrected chi connectivity index (χ3v) is 3.68. The van der Waals surface area contributed by atoms with E-state index in [1.54, 1.807) is 36.8 Å². The van der Waals surface area contributed by atoms with Crippen LogP contribution in [0.3, 0.4) is 0 Å². The molecule has 0 aliphatic rings. The van der Waals surface area contributed by atoms with Crippen molar-refractivity contribution in [1.82, 2.24) is 19.6 Å². The van der Waals surface area contributed by atoms with Crippen LogP contribution in [0.15, 0.2) is 29.9 Å². The van der Waals surface area contributed by atoms with Crippen LogP contribution in [0, 0.1) is 0 Å². The minimum Gasteiger partial charge on any atom is -0.466 e. The molecule has 0 bridgehead atoms. The maximum absolute atomic E-state index is 12.2. The van der Waals surface area contributed by atoms with Crippen molar-refractivity contribution < 1.29 is 14.3 Å². The molecule has 0 unspecified atom stereocenters. The Labute approximate surface area is 135 Å². The van der Waals surface area contributed by atoms with Crippen molar-refractivity contribution >= 4 is 34.0 Å². The second-order valence-corrected chi connectivity index (χ2v) is 5.39. The maximum Gasteiger partial charge on any atom is 0.311 e. The number of esters is 1. The van der Waals surface area contributed by atoms with E-state index < -0.39 is 0 Å². The van der Waals surface area contributed by atoms with Crippen molar-refractivity contribution in [2.45, 2.75) is 13.3 Å². The number of amides is 1. The normalized spacial score (nSPS) is 10.7. The van der Waals surface area contributed by atoms with Gasteiger partial charge in [-0.25, -0.2) is 14.5 Å². The SMILES string of the molecule is CCOC(=O)Cc1csc(NC(=O)c2cc3ncccn3n2)n1. The quantitative estimate of drug-likeness (QED) is 0.712. The zero-order valence-electron chi connectivity index (χ0n) is 12.2. The van der Waals surface area contributed by atoms with E-state index in [4.69, 9.17) is 4.74 Å². The van der Waals surface area contributed by atoms with Crippen LogP contribution in [-0.4, -0.2) is 38.1 Å². The van der Waals surface area contributed by atoms with Gasteiger partial charge in [-0.05, 0) is 13.0 Å². The molecular weight excluding hydrogens is 318 g/mol. The van der Waals surface area contributed by atoms with Crippen LogP contribution in [0.25, 0.3) is 5.65 Å². The summed E-state index contributed by atoms with van der Waals surface area (Å²) in [5, 5.41) is 8.90. The molecule has 0 fully saturated rings. The van der Waals surface area contributed by atoms with Crippen LogP contribution < -0.4 is 5.32 Å². The van der Waals surface area contributed by atoms with Gasteiger partial charge in [0.2, 0.25) is 0 Å². The summed E-state index contributed by atoms with van der Waals surface area (Å²) in [5.41, 5.74) is 1.38. The number of hydrogen-bond acceptors (Lipinski definition) is 7. The first-order valence-electron chi connectivity index (χ1n) is 6.87. The average molecular weight is 331 g/mol. The fraction of sp³-hybridized carbons (Fsp3) is 0.214. The van der Waals surface area contributed by atoms with Gasteiger partial charge < -0.3 is 4.74 Å². The number of rotatable bonds is 5. The lowest BCUT2D eigenvalue weighted by atomic mass is 10.3. The van der Waals surface area contributed by atoms with E-state index in [0.717, 1.165) is 0 Å². The number of fused-ring (bicyclic) bond motifs is 1. The van der Waals surface area contributed by atoms with Crippen molar-refractivity contribution in [2.75, 3.05) is 11.9 Å². The maximum atomic E-state index is 12.2. The number of carbonyl (C=O) groups is 2. The van der Waals surface area contributed by atoms with Crippen molar-refractivity contribution in [1.29, 1.82) is 0 Å². The van der Waals surface area contributed by atoms with Gasteiger partial charge in [0, 0.05) is 23.8 Å². The molecule has 3 rings (SSSR count). The summed E-state index contributed by atoms with van der Waals surface area (Å²) in [6.07, 6.45) is 3.42. The molecule has 1 N–H and O–H groups in total. The third-order valence-electron chi connectivity index (χ3n) is 2.87. The lowest BCUT2D eigenvalue weighted by Gasteiger charge is -1.99. The molecule has 3 aromatic heterocycles. The molecule has 0 spiro atoms. The van der Waals surface area contributed by atoms with Gasteiger partial charge in [-0.2, -0.15) is 5.10 Å². The van der Waals surface area contributed by atoms with Gasteiger partial charge in [0.15, 0.2) is 16.5 Å². The zero-order valence-corrected chi connectivity index (χ0v) is 13.0. The van der Waals surface area contributed by atoms with E-state index in [9.17, 15) is 9.59 Å². The molecule has 1 amide bonds. The van der Waals surface area contributed by atoms with Crippen LogP contribution in [-0.2, 0) is 16.0 Å². The van der Waals surface area contributed by atoms with Crippen molar-refractivity contribution in [3.05, 3.63) is 41.3 Å². The Hall–Kier alpha value is -2.81. The zero-order chi connectivity index (χ0) is 16.2. The molecule has 0 saturated heterocycles. The number of ether oxygens (including phenoxy) is 1. The van der Waals surface area contributed by atoms with E-state index in [2.05, 4.69) is 20.4 Å². The van der Waals surface area contributed by atoms with Crippen molar-refractivity contribution in [2.24, 2.45) is 0 Å². The van der Waals surface area contributed by atoms with E-state index in [0.29, 0.717) is 23.1 Å². The number of anilines is 1. The van der Waals surface area contributed by atoms with Gasteiger partial charge >= 0.3 is 5.97 Å². The Morgan fingerprint density at radius 1 is 1.43 bits per heavy atom. The standard InChI is InChI=1S/C14H13N5O3S/c1-2-22-12(20)6-9-8-23-14(16-9)17-13(21)10-7-11-15-4-3-5-19(11)18-10/h3-5,7-8H,2,6H2,1H3,(H,16,17,21). The molecule has 9 heteroatoms. The second-order valence-electron chi connectivity index (χ2n) is 4.53. The largest absolute Gasteiger partial charge is 0.466 e. The van der Waals surface area contributed by atoms with Gasteiger partial charge in [-0.3, -0.25) is 14.9 Å². The van der Waals surface area contributed by atoms with Gasteiger partial charge in [-0.1, -0.05) is 0 Å². The number of nitrogens with zero attached hydrogens (tertiary/aromatic N) is 4. The Balaban J connectivity index is 1.68. The van der Waals surface area contributed by atoms with Gasteiger partial charge in [0.25, 0.3) is 5.91 Å². The predicted octanol–water partition coefficient (Wildman–Crippen LogP) is 1.54. The Morgan fingerprint density at radius 3 is 3.09 bits per heavy atom. The highest BCUT2D eigenvalue weighted by Crippen LogP contribution is 2.17. The van der Waals surface area contributed by atoms with E-state index in [1.165, 1.54) is 15.9 Å². The summed E-state index contributed by atoms with van der Waals surface area (Å²) in [6, 6.07) is 3.31. The van der Waals surface area contributed by atoms with Crippen LogP contribution in [0.1, 0.15) is 23.1 Å². The predicted molar refractivity (Wildman–Crippen MR) is 83.4 cm³/mol. The minimum atomic E-state index is -0.382. The first-order chi connectivity index (χ1) is 11.2. The highest BCUT2D eigenvalue weighted by Gasteiger charge is 2.14. The number of hydrogen-bond donors (Lipinski definition) is 1. The lowest BCUT2D eigenvalue weighted by molar-refractivity contribution is -0.142. The Kier molecular flexibility index (Phi) is 4.29. The molecule has 0 atom stereocenters. The smallest absolute Gasteiger partial charge is 0.311 e. The number of thiazole rings is 1. The van der Waals surface area contributed by atoms with Crippen molar-refractivity contribution in [3.8, 4) is 0 Å². The number of nitrogens with one attached hydrogen (secondary N) is 1. The second kappa shape index (κ2) is 6.53. The molecule has 3 heterocycles. The molecule has 23 heavy (non-hydrogen) atoms. The van der Waals surface area contributed by atoms with Gasteiger partial charge in [0.1, 0.15) is 0 Å². The molecule has 0 aliphatic carbocycles. The summed E-state index contributed by atoms with van der Waals surface area (Å²) in [4.78, 5) is 31.9. The van der Waals surface area contributed by atoms with E-state index in [-0.39, 0.29) is 24.0 Å². The highest BCUT2D eigenvalue weighted by molar-refractivity contribution is 7.14. The Bertz CT molecular complexity index is 824. The van der Waals surface area contributed by atoms with E-state index in [1.807, 2.05) is 0 Å². The lowest BCUT2D eigenvalue weighted by Crippen LogP contribution is -2.13. The summed E-state index contributed by atoms with van der Waals surface area (Å²) >= 11 is 1.24. The van der Waals surface area contributed by atoms with Gasteiger partial charge in [0.05, 0.1) is 18.7 Å². The molecule has 0 aromatic carbocycles. The summed E-state index contributed by atoms with van der Waals surface area (Å²) in [6.45, 7) is 2.07. The molecule has 0 saturated carbocycles. The first-order valence-corrected chi connectivity index (χ1v) is 7.75. The monoisotopic (exact) mass is 331 g/mol. The average Bonchev–Trinajstić information content (AvgIpc) is 3.14. The molecule has 3 aromatic rings. The summed E-state index contributed by atoms with van der Waals surface area (Å²) in [7, 11) is 0.